The highest BCUT2D eigenvalue weighted by Crippen LogP contribution is 2.21. The van der Waals surface area contributed by atoms with Gasteiger partial charge >= 0.3 is 0 Å². The minimum atomic E-state index is -0.211. The standard InChI is InChI=1S/C10H19NO2S/c1-5-11(4)10(13)9(6-7-12)14-8(2)3/h7-9H,5-6H2,1-4H3. The monoisotopic (exact) mass is 217 g/mol. The number of aldehydes is 1. The maximum atomic E-state index is 11.7. The first-order chi connectivity index (χ1) is 6.52. The van der Waals surface area contributed by atoms with Crippen molar-refractivity contribution in [2.45, 2.75) is 37.7 Å². The molecular weight excluding hydrogens is 198 g/mol. The second-order valence-corrected chi connectivity index (χ2v) is 5.21. The molecule has 0 aliphatic carbocycles. The van der Waals surface area contributed by atoms with Crippen molar-refractivity contribution in [2.24, 2.45) is 0 Å². The van der Waals surface area contributed by atoms with Gasteiger partial charge in [-0.15, -0.1) is 11.8 Å². The van der Waals surface area contributed by atoms with Crippen LogP contribution in [0.15, 0.2) is 0 Å². The lowest BCUT2D eigenvalue weighted by Gasteiger charge is -2.22. The molecule has 0 aromatic carbocycles. The molecule has 1 atom stereocenters. The third-order valence-electron chi connectivity index (χ3n) is 1.87. The van der Waals surface area contributed by atoms with Crippen LogP contribution in [0.5, 0.6) is 0 Å². The van der Waals surface area contributed by atoms with Crippen molar-refractivity contribution in [3.8, 4) is 0 Å². The molecule has 0 rings (SSSR count). The highest BCUT2D eigenvalue weighted by Gasteiger charge is 2.22. The average molecular weight is 217 g/mol. The average Bonchev–Trinajstić information content (AvgIpc) is 2.14. The van der Waals surface area contributed by atoms with Gasteiger partial charge in [0, 0.05) is 20.0 Å². The zero-order valence-corrected chi connectivity index (χ0v) is 10.1. The molecule has 0 spiro atoms. The number of carbonyl (C=O) groups excluding carboxylic acids is 2. The van der Waals surface area contributed by atoms with Gasteiger partial charge in [-0.05, 0) is 12.2 Å². The fraction of sp³-hybridized carbons (Fsp3) is 0.800. The van der Waals surface area contributed by atoms with Gasteiger partial charge in [0.25, 0.3) is 0 Å². The van der Waals surface area contributed by atoms with E-state index in [2.05, 4.69) is 0 Å². The predicted molar refractivity (Wildman–Crippen MR) is 60.5 cm³/mol. The van der Waals surface area contributed by atoms with E-state index < -0.39 is 0 Å². The van der Waals surface area contributed by atoms with E-state index >= 15 is 0 Å². The molecule has 0 heterocycles. The Hall–Kier alpha value is -0.510. The molecule has 82 valence electrons. The van der Waals surface area contributed by atoms with E-state index in [1.54, 1.807) is 23.7 Å². The minimum absolute atomic E-state index is 0.0540. The lowest BCUT2D eigenvalue weighted by Crippen LogP contribution is -2.35. The van der Waals surface area contributed by atoms with Gasteiger partial charge in [0.1, 0.15) is 6.29 Å². The van der Waals surface area contributed by atoms with Crippen LogP contribution in [0.4, 0.5) is 0 Å². The van der Waals surface area contributed by atoms with Crippen LogP contribution in [0.3, 0.4) is 0 Å². The Morgan fingerprint density at radius 3 is 2.43 bits per heavy atom. The first-order valence-corrected chi connectivity index (χ1v) is 5.81. The van der Waals surface area contributed by atoms with Crippen LogP contribution in [0.1, 0.15) is 27.2 Å². The van der Waals surface area contributed by atoms with Crippen LogP contribution in [-0.2, 0) is 9.59 Å². The van der Waals surface area contributed by atoms with Crippen molar-refractivity contribution in [1.29, 1.82) is 0 Å². The summed E-state index contributed by atoms with van der Waals surface area (Å²) in [5.41, 5.74) is 0. The molecule has 0 bridgehead atoms. The lowest BCUT2D eigenvalue weighted by atomic mass is 10.3. The van der Waals surface area contributed by atoms with Crippen molar-refractivity contribution in [3.05, 3.63) is 0 Å². The molecule has 3 nitrogen and oxygen atoms in total. The van der Waals surface area contributed by atoms with Gasteiger partial charge in [-0.2, -0.15) is 0 Å². The van der Waals surface area contributed by atoms with Gasteiger partial charge in [0.15, 0.2) is 0 Å². The van der Waals surface area contributed by atoms with Gasteiger partial charge in [0.05, 0.1) is 5.25 Å². The Morgan fingerprint density at radius 1 is 1.50 bits per heavy atom. The molecule has 0 radical (unpaired) electrons. The second kappa shape index (κ2) is 6.87. The van der Waals surface area contributed by atoms with Crippen LogP contribution in [0.2, 0.25) is 0 Å². The van der Waals surface area contributed by atoms with Gasteiger partial charge in [-0.3, -0.25) is 4.79 Å². The quantitative estimate of drug-likeness (QED) is 0.634. The van der Waals surface area contributed by atoms with E-state index in [9.17, 15) is 9.59 Å². The normalized spacial score (nSPS) is 12.6. The van der Waals surface area contributed by atoms with Crippen molar-refractivity contribution in [3.63, 3.8) is 0 Å². The molecule has 1 amide bonds. The summed E-state index contributed by atoms with van der Waals surface area (Å²) < 4.78 is 0. The molecule has 0 aromatic rings. The number of hydrogen-bond donors (Lipinski definition) is 0. The summed E-state index contributed by atoms with van der Waals surface area (Å²) in [5.74, 6) is 0.0540. The number of carbonyl (C=O) groups is 2. The molecule has 0 aliphatic heterocycles. The summed E-state index contributed by atoms with van der Waals surface area (Å²) in [6.45, 7) is 6.67. The van der Waals surface area contributed by atoms with Crippen molar-refractivity contribution in [1.82, 2.24) is 4.90 Å². The van der Waals surface area contributed by atoms with E-state index in [-0.39, 0.29) is 11.2 Å². The minimum Gasteiger partial charge on any atom is -0.345 e. The summed E-state index contributed by atoms with van der Waals surface area (Å²) in [5, 5.41) is 0.159. The smallest absolute Gasteiger partial charge is 0.235 e. The number of thioether (sulfide) groups is 1. The van der Waals surface area contributed by atoms with Crippen molar-refractivity contribution >= 4 is 24.0 Å². The first kappa shape index (κ1) is 13.5. The fourth-order valence-corrected chi connectivity index (χ4v) is 2.18. The molecule has 0 aliphatic rings. The summed E-state index contributed by atoms with van der Waals surface area (Å²) in [6, 6.07) is 0. The molecular formula is C10H19NO2S. The Morgan fingerprint density at radius 2 is 2.07 bits per heavy atom. The van der Waals surface area contributed by atoms with E-state index in [1.165, 1.54) is 0 Å². The molecule has 0 aromatic heterocycles. The van der Waals surface area contributed by atoms with Crippen LogP contribution in [-0.4, -0.2) is 41.2 Å². The van der Waals surface area contributed by atoms with Crippen LogP contribution >= 0.6 is 11.8 Å². The number of hydrogen-bond acceptors (Lipinski definition) is 3. The van der Waals surface area contributed by atoms with E-state index in [1.807, 2.05) is 20.8 Å². The van der Waals surface area contributed by atoms with Gasteiger partial charge in [-0.1, -0.05) is 13.8 Å². The SMILES string of the molecule is CCN(C)C(=O)C(CC=O)SC(C)C. The Labute approximate surface area is 90.2 Å². The number of amides is 1. The van der Waals surface area contributed by atoms with E-state index in [0.717, 1.165) is 6.29 Å². The Balaban J connectivity index is 4.31. The third kappa shape index (κ3) is 4.65. The summed E-state index contributed by atoms with van der Waals surface area (Å²) in [7, 11) is 1.76. The summed E-state index contributed by atoms with van der Waals surface area (Å²) in [4.78, 5) is 23.8. The summed E-state index contributed by atoms with van der Waals surface area (Å²) in [6.07, 6.45) is 1.13. The third-order valence-corrected chi connectivity index (χ3v) is 3.14. The van der Waals surface area contributed by atoms with Crippen molar-refractivity contribution in [2.75, 3.05) is 13.6 Å². The Bertz CT molecular complexity index is 195. The fourth-order valence-electron chi connectivity index (χ4n) is 1.03. The Kier molecular flexibility index (Phi) is 6.62. The van der Waals surface area contributed by atoms with Gasteiger partial charge < -0.3 is 9.69 Å². The molecule has 0 fully saturated rings. The van der Waals surface area contributed by atoms with Gasteiger partial charge in [-0.25, -0.2) is 0 Å². The summed E-state index contributed by atoms with van der Waals surface area (Å²) >= 11 is 1.55. The second-order valence-electron chi connectivity index (χ2n) is 3.43. The molecule has 0 N–H and O–H groups in total. The van der Waals surface area contributed by atoms with Crippen LogP contribution < -0.4 is 0 Å². The molecule has 4 heteroatoms. The molecule has 0 saturated heterocycles. The van der Waals surface area contributed by atoms with Crippen LogP contribution in [0.25, 0.3) is 0 Å². The van der Waals surface area contributed by atoms with Gasteiger partial charge in [0.2, 0.25) is 5.91 Å². The zero-order chi connectivity index (χ0) is 11.1. The molecule has 1 unspecified atom stereocenters. The molecule has 0 saturated carbocycles. The van der Waals surface area contributed by atoms with Crippen LogP contribution in [0, 0.1) is 0 Å². The van der Waals surface area contributed by atoms with E-state index in [0.29, 0.717) is 18.2 Å². The lowest BCUT2D eigenvalue weighted by molar-refractivity contribution is -0.130. The van der Waals surface area contributed by atoms with Crippen molar-refractivity contribution < 1.29 is 9.59 Å². The number of rotatable bonds is 6. The highest BCUT2D eigenvalue weighted by molar-refractivity contribution is 8.01. The number of nitrogens with zero attached hydrogens (tertiary/aromatic N) is 1. The van der Waals surface area contributed by atoms with E-state index in [4.69, 9.17) is 0 Å². The maximum absolute atomic E-state index is 11.7. The largest absolute Gasteiger partial charge is 0.345 e. The predicted octanol–water partition coefficient (Wildman–Crippen LogP) is 1.56. The maximum Gasteiger partial charge on any atom is 0.235 e. The highest BCUT2D eigenvalue weighted by atomic mass is 32.2. The first-order valence-electron chi connectivity index (χ1n) is 4.87. The zero-order valence-electron chi connectivity index (χ0n) is 9.32. The topological polar surface area (TPSA) is 37.4 Å². The molecule has 14 heavy (non-hydrogen) atoms.